The summed E-state index contributed by atoms with van der Waals surface area (Å²) >= 11 is 0. The molecule has 0 unspecified atom stereocenters. The Bertz CT molecular complexity index is 1870. The normalized spacial score (nSPS) is 14.2. The quantitative estimate of drug-likeness (QED) is 0.133. The molecule has 0 atom stereocenters. The molecule has 240 valence electrons. The monoisotopic (exact) mass is 618 g/mol. The van der Waals surface area contributed by atoms with Gasteiger partial charge in [0.1, 0.15) is 11.5 Å². The van der Waals surface area contributed by atoms with E-state index in [1.807, 2.05) is 43.4 Å². The summed E-state index contributed by atoms with van der Waals surface area (Å²) < 4.78 is 13.2. The number of aryl methyl sites for hydroxylation is 1. The Balaban J connectivity index is 1.44. The number of para-hydroxylation sites is 1. The molecule has 7 heteroatoms. The zero-order chi connectivity index (χ0) is 32.5. The maximum absolute atomic E-state index is 13.6. The fourth-order valence-electron chi connectivity index (χ4n) is 5.92. The highest BCUT2D eigenvalue weighted by Crippen LogP contribution is 2.34. The molecule has 0 amide bonds. The van der Waals surface area contributed by atoms with E-state index in [9.17, 15) is 4.79 Å². The van der Waals surface area contributed by atoms with Gasteiger partial charge in [-0.3, -0.25) is 4.79 Å². The fraction of sp³-hybridized carbons (Fsp3) is 0.359. The van der Waals surface area contributed by atoms with E-state index in [1.54, 1.807) is 14.0 Å². The van der Waals surface area contributed by atoms with E-state index in [0.29, 0.717) is 29.3 Å². The lowest BCUT2D eigenvalue weighted by molar-refractivity contribution is 0.304. The largest absolute Gasteiger partial charge is 0.496 e. The van der Waals surface area contributed by atoms with Crippen LogP contribution in [0.15, 0.2) is 77.8 Å². The molecule has 0 bridgehead atoms. The Morgan fingerprint density at radius 1 is 0.891 bits per heavy atom. The maximum atomic E-state index is 13.6. The molecule has 1 aliphatic rings. The van der Waals surface area contributed by atoms with Crippen molar-refractivity contribution in [2.45, 2.75) is 72.6 Å². The summed E-state index contributed by atoms with van der Waals surface area (Å²) in [5.74, 6) is 1.37. The van der Waals surface area contributed by atoms with Crippen molar-refractivity contribution in [1.29, 1.82) is 0 Å². The van der Waals surface area contributed by atoms with Gasteiger partial charge in [-0.15, -0.1) is 0 Å². The van der Waals surface area contributed by atoms with Gasteiger partial charge in [-0.25, -0.2) is 4.98 Å². The van der Waals surface area contributed by atoms with Gasteiger partial charge in [0.25, 0.3) is 5.56 Å². The number of rotatable bonds is 14. The van der Waals surface area contributed by atoms with Crippen LogP contribution in [0.2, 0.25) is 0 Å². The Morgan fingerprint density at radius 2 is 1.67 bits per heavy atom. The molecule has 2 aromatic carbocycles. The average Bonchev–Trinajstić information content (AvgIpc) is 3.39. The first-order chi connectivity index (χ1) is 22.5. The summed E-state index contributed by atoms with van der Waals surface area (Å²) in [5.41, 5.74) is 6.43. The molecule has 0 saturated heterocycles. The van der Waals surface area contributed by atoms with Gasteiger partial charge in [-0.1, -0.05) is 82.4 Å². The highest BCUT2D eigenvalue weighted by molar-refractivity contribution is 5.87. The first-order valence-electron chi connectivity index (χ1n) is 16.6. The number of methoxy groups -OCH3 is 1. The number of allylic oxidation sites excluding steroid dienone is 5. The standard InChI is InChI=1S/C39H46N4O3/c1-6-8-9-10-11-16-26-46-31-21-22-36(45-5)34(27-31)37-28(3)39(44)43-38(40-37)32(29(4)41-43)18-13-12-17-30-23-25-42(24-7-2)35-20-15-14-19-33(30)35/h12-15,17-23,25,27H,6-11,16,24,26H2,1-5H3/b13-12+,30-17+,32-18-. The van der Waals surface area contributed by atoms with Crippen molar-refractivity contribution in [2.24, 2.45) is 0 Å². The van der Waals surface area contributed by atoms with Gasteiger partial charge in [-0.05, 0) is 68.7 Å². The molecule has 0 saturated carbocycles. The van der Waals surface area contributed by atoms with Gasteiger partial charge in [-0.2, -0.15) is 9.61 Å². The second-order valence-corrected chi connectivity index (χ2v) is 11.8. The molecule has 46 heavy (non-hydrogen) atoms. The van der Waals surface area contributed by atoms with Crippen LogP contribution in [0.5, 0.6) is 11.5 Å². The van der Waals surface area contributed by atoms with Crippen molar-refractivity contribution in [3.05, 3.63) is 105 Å². The number of anilines is 1. The van der Waals surface area contributed by atoms with Crippen LogP contribution in [0.25, 0.3) is 28.6 Å². The topological polar surface area (TPSA) is 69.0 Å². The van der Waals surface area contributed by atoms with Gasteiger partial charge >= 0.3 is 0 Å². The summed E-state index contributed by atoms with van der Waals surface area (Å²) in [4.78, 5) is 20.9. The van der Waals surface area contributed by atoms with Crippen molar-refractivity contribution in [3.63, 3.8) is 0 Å². The fourth-order valence-corrected chi connectivity index (χ4v) is 5.92. The zero-order valence-corrected chi connectivity index (χ0v) is 27.9. The molecule has 0 spiro atoms. The van der Waals surface area contributed by atoms with Crippen molar-refractivity contribution < 1.29 is 9.47 Å². The molecular weight excluding hydrogens is 572 g/mol. The maximum Gasteiger partial charge on any atom is 0.278 e. The lowest BCUT2D eigenvalue weighted by Gasteiger charge is -2.27. The number of aromatic nitrogens is 3. The minimum absolute atomic E-state index is 0.199. The Kier molecular flexibility index (Phi) is 11.1. The van der Waals surface area contributed by atoms with Crippen LogP contribution >= 0.6 is 0 Å². The first kappa shape index (κ1) is 32.7. The minimum Gasteiger partial charge on any atom is -0.496 e. The molecule has 7 nitrogen and oxygen atoms in total. The number of hydrogen-bond donors (Lipinski definition) is 0. The van der Waals surface area contributed by atoms with Crippen molar-refractivity contribution in [1.82, 2.24) is 14.6 Å². The number of benzene rings is 2. The molecule has 1 aliphatic heterocycles. The molecule has 0 fully saturated rings. The smallest absolute Gasteiger partial charge is 0.278 e. The third kappa shape index (κ3) is 7.25. The van der Waals surface area contributed by atoms with Gasteiger partial charge in [0.05, 0.1) is 25.1 Å². The van der Waals surface area contributed by atoms with E-state index in [0.717, 1.165) is 53.6 Å². The summed E-state index contributed by atoms with van der Waals surface area (Å²) in [5, 5.41) is 5.36. The van der Waals surface area contributed by atoms with E-state index in [-0.39, 0.29) is 5.56 Å². The number of nitrogens with zero attached hydrogens (tertiary/aromatic N) is 4. The number of unbranched alkanes of at least 4 members (excludes halogenated alkanes) is 5. The lowest BCUT2D eigenvalue weighted by atomic mass is 9.99. The van der Waals surface area contributed by atoms with E-state index in [1.165, 1.54) is 41.4 Å². The predicted octanol–water partition coefficient (Wildman–Crippen LogP) is 8.00. The number of hydrogen-bond acceptors (Lipinski definition) is 6. The van der Waals surface area contributed by atoms with Crippen LogP contribution in [0.3, 0.4) is 0 Å². The van der Waals surface area contributed by atoms with Gasteiger partial charge in [0.15, 0.2) is 5.65 Å². The van der Waals surface area contributed by atoms with Gasteiger partial charge in [0.2, 0.25) is 0 Å². The van der Waals surface area contributed by atoms with Crippen molar-refractivity contribution in [3.8, 4) is 22.8 Å². The van der Waals surface area contributed by atoms with Crippen LogP contribution < -0.4 is 25.2 Å². The minimum atomic E-state index is -0.199. The average molecular weight is 619 g/mol. The van der Waals surface area contributed by atoms with E-state index in [2.05, 4.69) is 66.5 Å². The molecule has 5 rings (SSSR count). The van der Waals surface area contributed by atoms with Crippen molar-refractivity contribution in [2.75, 3.05) is 25.2 Å². The third-order valence-corrected chi connectivity index (χ3v) is 8.43. The van der Waals surface area contributed by atoms with Crippen LogP contribution in [-0.2, 0) is 0 Å². The van der Waals surface area contributed by atoms with Gasteiger partial charge in [0, 0.05) is 40.3 Å². The summed E-state index contributed by atoms with van der Waals surface area (Å²) in [6.07, 6.45) is 20.7. The lowest BCUT2D eigenvalue weighted by Crippen LogP contribution is -2.20. The Hall–Kier alpha value is -4.65. The van der Waals surface area contributed by atoms with Gasteiger partial charge < -0.3 is 14.4 Å². The summed E-state index contributed by atoms with van der Waals surface area (Å²) in [6.45, 7) is 9.75. The first-order valence-corrected chi connectivity index (χ1v) is 16.6. The van der Waals surface area contributed by atoms with E-state index < -0.39 is 0 Å². The summed E-state index contributed by atoms with van der Waals surface area (Å²) in [7, 11) is 1.63. The molecular formula is C39H46N4O3. The molecule has 0 N–H and O–H groups in total. The molecule has 0 aliphatic carbocycles. The molecule has 2 aromatic heterocycles. The molecule has 4 aromatic rings. The van der Waals surface area contributed by atoms with Crippen molar-refractivity contribution >= 4 is 23.0 Å². The molecule has 3 heterocycles. The highest BCUT2D eigenvalue weighted by Gasteiger charge is 2.19. The Labute approximate surface area is 272 Å². The highest BCUT2D eigenvalue weighted by atomic mass is 16.5. The summed E-state index contributed by atoms with van der Waals surface area (Å²) in [6, 6.07) is 14.2. The SMILES string of the molecule is CCCCCCCCOc1ccc(OC)c(-c2nc3\c(=C/C=C/C=C4\C=CN(CCC)c5ccccc54)c(C)nn3c(=O)c2C)c1. The Morgan fingerprint density at radius 3 is 2.48 bits per heavy atom. The van der Waals surface area contributed by atoms with Crippen LogP contribution in [0, 0.1) is 13.8 Å². The molecule has 0 radical (unpaired) electrons. The van der Waals surface area contributed by atoms with E-state index >= 15 is 0 Å². The predicted molar refractivity (Wildman–Crippen MR) is 190 cm³/mol. The number of fused-ring (bicyclic) bond motifs is 2. The van der Waals surface area contributed by atoms with Crippen LogP contribution in [-0.4, -0.2) is 34.9 Å². The van der Waals surface area contributed by atoms with Crippen LogP contribution in [0.1, 0.15) is 75.6 Å². The number of ether oxygens (including phenoxy) is 2. The third-order valence-electron chi connectivity index (χ3n) is 8.43. The van der Waals surface area contributed by atoms with E-state index in [4.69, 9.17) is 14.5 Å². The second-order valence-electron chi connectivity index (χ2n) is 11.8. The van der Waals surface area contributed by atoms with Crippen LogP contribution in [0.4, 0.5) is 5.69 Å². The second kappa shape index (κ2) is 15.6. The zero-order valence-electron chi connectivity index (χ0n) is 27.9.